The Bertz CT molecular complexity index is 404. The van der Waals surface area contributed by atoms with E-state index in [0.29, 0.717) is 12.5 Å². The fraction of sp³-hybridized carbons (Fsp3) is 0.714. The lowest BCUT2D eigenvalue weighted by Gasteiger charge is -2.10. The molecule has 0 aliphatic rings. The normalized spacial score (nSPS) is 11.9. The molecule has 1 rings (SSSR count). The molecule has 1 aromatic rings. The van der Waals surface area contributed by atoms with Gasteiger partial charge in [-0.15, -0.1) is 11.3 Å². The Balaban J connectivity index is 2.47. The predicted octanol–water partition coefficient (Wildman–Crippen LogP) is 2.36. The van der Waals surface area contributed by atoms with E-state index in [1.165, 1.54) is 5.01 Å². The van der Waals surface area contributed by atoms with Crippen LogP contribution in [-0.4, -0.2) is 37.7 Å². The molecule has 1 aromatic heterocycles. The van der Waals surface area contributed by atoms with Gasteiger partial charge in [0.15, 0.2) is 5.96 Å². The van der Waals surface area contributed by atoms with Gasteiger partial charge in [-0.25, -0.2) is 9.98 Å². The maximum absolute atomic E-state index is 5.03. The molecular weight excluding hydrogens is 272 g/mol. The highest BCUT2D eigenvalue weighted by Gasteiger charge is 2.05. The molecule has 6 heteroatoms. The van der Waals surface area contributed by atoms with Gasteiger partial charge in [-0.2, -0.15) is 0 Å². The van der Waals surface area contributed by atoms with Crippen molar-refractivity contribution in [1.82, 2.24) is 15.6 Å². The number of methoxy groups -OCH3 is 1. The lowest BCUT2D eigenvalue weighted by molar-refractivity contribution is 0.195. The van der Waals surface area contributed by atoms with E-state index in [9.17, 15) is 0 Å². The number of thiazole rings is 1. The van der Waals surface area contributed by atoms with E-state index in [2.05, 4.69) is 46.8 Å². The number of guanidine groups is 1. The average molecular weight is 298 g/mol. The third-order valence-electron chi connectivity index (χ3n) is 2.62. The van der Waals surface area contributed by atoms with E-state index in [4.69, 9.17) is 4.74 Å². The number of ether oxygens (including phenoxy) is 1. The summed E-state index contributed by atoms with van der Waals surface area (Å²) in [5.74, 6) is 1.32. The summed E-state index contributed by atoms with van der Waals surface area (Å²) in [7, 11) is 1.72. The Kier molecular flexibility index (Phi) is 8.22. The smallest absolute Gasteiger partial charge is 0.191 e. The quantitative estimate of drug-likeness (QED) is 0.439. The van der Waals surface area contributed by atoms with Crippen molar-refractivity contribution in [1.29, 1.82) is 0 Å². The second-order valence-electron chi connectivity index (χ2n) is 4.80. The Labute approximate surface area is 125 Å². The molecule has 114 valence electrons. The molecule has 0 saturated carbocycles. The molecule has 0 fully saturated rings. The van der Waals surface area contributed by atoms with Crippen molar-refractivity contribution in [3.63, 3.8) is 0 Å². The molecule has 0 spiro atoms. The van der Waals surface area contributed by atoms with Gasteiger partial charge in [0, 0.05) is 38.1 Å². The molecule has 5 nitrogen and oxygen atoms in total. The van der Waals surface area contributed by atoms with E-state index in [1.807, 2.05) is 0 Å². The first-order valence-electron chi connectivity index (χ1n) is 7.12. The molecular formula is C14H26N4OS. The van der Waals surface area contributed by atoms with Crippen LogP contribution in [0.3, 0.4) is 0 Å². The van der Waals surface area contributed by atoms with Crippen molar-refractivity contribution in [3.05, 3.63) is 16.1 Å². The van der Waals surface area contributed by atoms with Crippen LogP contribution in [0.4, 0.5) is 0 Å². The first kappa shape index (κ1) is 16.9. The summed E-state index contributed by atoms with van der Waals surface area (Å²) < 4.78 is 5.03. The minimum absolute atomic E-state index is 0.484. The molecule has 0 aliphatic carbocycles. The standard InChI is InChI=1S/C14H26N4OS/c1-5-15-14(16-7-6-8-19-4)17-9-12-10-20-13(18-12)11(2)3/h10-11H,5-9H2,1-4H3,(H2,15,16,17). The molecule has 2 N–H and O–H groups in total. The van der Waals surface area contributed by atoms with Crippen molar-refractivity contribution in [2.45, 2.75) is 39.7 Å². The van der Waals surface area contributed by atoms with E-state index >= 15 is 0 Å². The number of hydrogen-bond donors (Lipinski definition) is 2. The highest BCUT2D eigenvalue weighted by molar-refractivity contribution is 7.09. The maximum Gasteiger partial charge on any atom is 0.191 e. The number of rotatable bonds is 8. The molecule has 0 aromatic carbocycles. The van der Waals surface area contributed by atoms with Crippen LogP contribution in [0.25, 0.3) is 0 Å². The summed E-state index contributed by atoms with van der Waals surface area (Å²) in [4.78, 5) is 9.14. The third kappa shape index (κ3) is 6.34. The molecule has 0 amide bonds. The van der Waals surface area contributed by atoms with Crippen LogP contribution in [0.2, 0.25) is 0 Å². The Morgan fingerprint density at radius 3 is 2.85 bits per heavy atom. The number of nitrogens with zero attached hydrogens (tertiary/aromatic N) is 2. The largest absolute Gasteiger partial charge is 0.385 e. The van der Waals surface area contributed by atoms with Crippen molar-refractivity contribution in [3.8, 4) is 0 Å². The zero-order valence-electron chi connectivity index (χ0n) is 12.9. The van der Waals surface area contributed by atoms with Crippen molar-refractivity contribution >= 4 is 17.3 Å². The minimum Gasteiger partial charge on any atom is -0.385 e. The zero-order chi connectivity index (χ0) is 14.8. The zero-order valence-corrected chi connectivity index (χ0v) is 13.7. The molecule has 0 bridgehead atoms. The number of nitrogens with one attached hydrogen (secondary N) is 2. The lowest BCUT2D eigenvalue weighted by atomic mass is 10.2. The summed E-state index contributed by atoms with van der Waals surface area (Å²) in [6, 6.07) is 0. The Morgan fingerprint density at radius 1 is 1.45 bits per heavy atom. The Morgan fingerprint density at radius 2 is 2.25 bits per heavy atom. The van der Waals surface area contributed by atoms with Gasteiger partial charge in [0.25, 0.3) is 0 Å². The fourth-order valence-electron chi connectivity index (χ4n) is 1.59. The molecule has 0 unspecified atom stereocenters. The maximum atomic E-state index is 5.03. The minimum atomic E-state index is 0.484. The first-order chi connectivity index (χ1) is 9.67. The van der Waals surface area contributed by atoms with Gasteiger partial charge in [0.05, 0.1) is 17.2 Å². The van der Waals surface area contributed by atoms with E-state index in [0.717, 1.165) is 37.8 Å². The summed E-state index contributed by atoms with van der Waals surface area (Å²) >= 11 is 1.71. The monoisotopic (exact) mass is 298 g/mol. The summed E-state index contributed by atoms with van der Waals surface area (Å²) in [5, 5.41) is 9.79. The summed E-state index contributed by atoms with van der Waals surface area (Å²) in [6.45, 7) is 9.46. The van der Waals surface area contributed by atoms with Crippen molar-refractivity contribution in [2.75, 3.05) is 26.8 Å². The van der Waals surface area contributed by atoms with Gasteiger partial charge in [-0.05, 0) is 13.3 Å². The molecule has 1 heterocycles. The average Bonchev–Trinajstić information content (AvgIpc) is 2.90. The van der Waals surface area contributed by atoms with Gasteiger partial charge in [0.2, 0.25) is 0 Å². The van der Waals surface area contributed by atoms with Crippen LogP contribution in [0, 0.1) is 0 Å². The molecule has 20 heavy (non-hydrogen) atoms. The molecule has 0 aliphatic heterocycles. The van der Waals surface area contributed by atoms with Crippen LogP contribution in [-0.2, 0) is 11.3 Å². The van der Waals surface area contributed by atoms with Crippen LogP contribution in [0.1, 0.15) is 43.8 Å². The van der Waals surface area contributed by atoms with Crippen LogP contribution >= 0.6 is 11.3 Å². The SMILES string of the molecule is CCNC(=NCc1csc(C(C)C)n1)NCCCOC. The number of hydrogen-bond acceptors (Lipinski definition) is 4. The van der Waals surface area contributed by atoms with Gasteiger partial charge in [0.1, 0.15) is 0 Å². The van der Waals surface area contributed by atoms with Crippen LogP contribution < -0.4 is 10.6 Å². The second-order valence-corrected chi connectivity index (χ2v) is 5.69. The number of aliphatic imine (C=N–C) groups is 1. The van der Waals surface area contributed by atoms with Gasteiger partial charge in [-0.1, -0.05) is 13.8 Å². The first-order valence-corrected chi connectivity index (χ1v) is 8.00. The highest BCUT2D eigenvalue weighted by atomic mass is 32.1. The summed E-state index contributed by atoms with van der Waals surface area (Å²) in [5.41, 5.74) is 1.03. The lowest BCUT2D eigenvalue weighted by Crippen LogP contribution is -2.38. The van der Waals surface area contributed by atoms with Gasteiger partial charge in [-0.3, -0.25) is 0 Å². The second kappa shape index (κ2) is 9.72. The summed E-state index contributed by atoms with van der Waals surface area (Å²) in [6.07, 6.45) is 0.967. The van der Waals surface area contributed by atoms with E-state index < -0.39 is 0 Å². The van der Waals surface area contributed by atoms with Crippen molar-refractivity contribution in [2.24, 2.45) is 4.99 Å². The topological polar surface area (TPSA) is 58.5 Å². The van der Waals surface area contributed by atoms with Gasteiger partial charge >= 0.3 is 0 Å². The molecule has 0 atom stereocenters. The van der Waals surface area contributed by atoms with Crippen molar-refractivity contribution < 1.29 is 4.74 Å². The van der Waals surface area contributed by atoms with E-state index in [1.54, 1.807) is 18.4 Å². The van der Waals surface area contributed by atoms with Gasteiger partial charge < -0.3 is 15.4 Å². The Hall–Kier alpha value is -1.14. The van der Waals surface area contributed by atoms with Crippen LogP contribution in [0.5, 0.6) is 0 Å². The fourth-order valence-corrected chi connectivity index (χ4v) is 2.41. The molecule has 0 radical (unpaired) electrons. The van der Waals surface area contributed by atoms with Crippen LogP contribution in [0.15, 0.2) is 10.4 Å². The molecule has 0 saturated heterocycles. The third-order valence-corrected chi connectivity index (χ3v) is 3.82. The van der Waals surface area contributed by atoms with E-state index in [-0.39, 0.29) is 0 Å². The highest BCUT2D eigenvalue weighted by Crippen LogP contribution is 2.19. The predicted molar refractivity (Wildman–Crippen MR) is 85.5 cm³/mol. The number of aromatic nitrogens is 1.